The summed E-state index contributed by atoms with van der Waals surface area (Å²) < 4.78 is 0. The number of nitrogen functional groups attached to an aromatic ring is 1. The van der Waals surface area contributed by atoms with E-state index in [4.69, 9.17) is 10.8 Å². The third kappa shape index (κ3) is 5.85. The first kappa shape index (κ1) is 22.8. The Hall–Kier alpha value is -3.87. The van der Waals surface area contributed by atoms with Gasteiger partial charge in [-0.25, -0.2) is 14.8 Å². The van der Waals surface area contributed by atoms with Crippen molar-refractivity contribution < 1.29 is 24.6 Å². The van der Waals surface area contributed by atoms with Gasteiger partial charge in [0.1, 0.15) is 6.04 Å². The van der Waals surface area contributed by atoms with E-state index in [0.717, 1.165) is 0 Å². The Morgan fingerprint density at radius 3 is 2.66 bits per heavy atom. The molecule has 1 aliphatic carbocycles. The highest BCUT2D eigenvalue weighted by atomic mass is 16.4. The molecule has 2 aromatic rings. The molecule has 0 spiro atoms. The Morgan fingerprint density at radius 1 is 1.22 bits per heavy atom. The van der Waals surface area contributed by atoms with Gasteiger partial charge in [-0.3, -0.25) is 19.4 Å². The van der Waals surface area contributed by atoms with E-state index in [0.29, 0.717) is 25.1 Å². The summed E-state index contributed by atoms with van der Waals surface area (Å²) in [5.41, 5.74) is 5.79. The lowest BCUT2D eigenvalue weighted by Gasteiger charge is -2.24. The fraction of sp³-hybridized carbons (Fsp3) is 0.421. The van der Waals surface area contributed by atoms with E-state index in [2.05, 4.69) is 30.6 Å². The average Bonchev–Trinajstić information content (AvgIpc) is 2.75. The Balaban J connectivity index is 1.54. The average molecular weight is 445 g/mol. The number of aliphatic carboxylic acids is 2. The van der Waals surface area contributed by atoms with E-state index in [-0.39, 0.29) is 36.0 Å². The minimum Gasteiger partial charge on any atom is -0.481 e. The number of H-pyrrole nitrogens is 1. The molecular weight excluding hydrogens is 422 g/mol. The quantitative estimate of drug-likeness (QED) is 0.262. The van der Waals surface area contributed by atoms with Crippen molar-refractivity contribution in [3.05, 3.63) is 34.4 Å². The number of fused-ring (bicyclic) bond motifs is 1. The van der Waals surface area contributed by atoms with Crippen LogP contribution in [0.4, 0.5) is 5.95 Å². The van der Waals surface area contributed by atoms with Crippen LogP contribution < -0.4 is 21.9 Å². The van der Waals surface area contributed by atoms with Crippen LogP contribution in [-0.2, 0) is 20.9 Å². The Labute approximate surface area is 181 Å². The number of hydrogen-bond donors (Lipinski definition) is 6. The number of carboxylic acid groups (broad SMARTS) is 2. The Bertz CT molecular complexity index is 1120. The number of hydrogen-bond acceptors (Lipinski definition) is 9. The monoisotopic (exact) mass is 445 g/mol. The van der Waals surface area contributed by atoms with Gasteiger partial charge < -0.3 is 26.6 Å². The van der Waals surface area contributed by atoms with Crippen molar-refractivity contribution in [2.24, 2.45) is 5.92 Å². The fourth-order valence-corrected chi connectivity index (χ4v) is 3.30. The molecule has 13 nitrogen and oxygen atoms in total. The van der Waals surface area contributed by atoms with Crippen LogP contribution in [0.3, 0.4) is 0 Å². The topological polar surface area (TPSA) is 213 Å². The minimum atomic E-state index is -1.27. The predicted octanol–water partition coefficient (Wildman–Crippen LogP) is -0.846. The number of aromatic amines is 1. The van der Waals surface area contributed by atoms with Gasteiger partial charge >= 0.3 is 11.9 Å². The van der Waals surface area contributed by atoms with Crippen LogP contribution in [0, 0.1) is 5.92 Å². The lowest BCUT2D eigenvalue weighted by molar-refractivity contribution is -0.143. The van der Waals surface area contributed by atoms with Gasteiger partial charge in [0.25, 0.3) is 5.56 Å². The molecule has 3 rings (SSSR count). The number of rotatable bonds is 9. The van der Waals surface area contributed by atoms with Gasteiger partial charge in [-0.2, -0.15) is 4.98 Å². The molecule has 0 aliphatic heterocycles. The molecule has 3 atom stereocenters. The highest BCUT2D eigenvalue weighted by molar-refractivity contribution is 5.86. The van der Waals surface area contributed by atoms with Crippen LogP contribution in [0.15, 0.2) is 23.1 Å². The third-order valence-corrected chi connectivity index (χ3v) is 4.99. The van der Waals surface area contributed by atoms with Gasteiger partial charge in [-0.1, -0.05) is 12.2 Å². The van der Waals surface area contributed by atoms with E-state index in [1.54, 1.807) is 6.08 Å². The molecule has 0 bridgehead atoms. The number of carbonyl (C=O) groups is 3. The summed E-state index contributed by atoms with van der Waals surface area (Å²) in [7, 11) is 0. The number of amides is 1. The third-order valence-electron chi connectivity index (χ3n) is 4.99. The van der Waals surface area contributed by atoms with Gasteiger partial charge in [0.05, 0.1) is 17.8 Å². The standard InChI is InChI=1S/C19H23N7O6/c20-19-25-15-14(17(30)26-19)23-11(8-22-15)7-21-10-3-1-9(2-4-10)16(29)24-12(18(31)32)5-6-13(27)28/h1,3,8-10,12,21H,2,4-7H2,(H,24,29)(H,27,28)(H,31,32)(H3,20,22,25,26,30)/t9?,10?,12-/m0/s1. The number of carboxylic acids is 2. The normalized spacial score (nSPS) is 18.9. The number of aromatic nitrogens is 4. The van der Waals surface area contributed by atoms with Crippen molar-refractivity contribution in [3.63, 3.8) is 0 Å². The molecule has 0 saturated carbocycles. The second-order valence-corrected chi connectivity index (χ2v) is 7.37. The molecule has 13 heteroatoms. The van der Waals surface area contributed by atoms with Crippen molar-refractivity contribution in [2.45, 2.75) is 44.3 Å². The van der Waals surface area contributed by atoms with Gasteiger partial charge in [-0.05, 0) is 19.3 Å². The highest BCUT2D eigenvalue weighted by Gasteiger charge is 2.26. The molecule has 1 aliphatic rings. The van der Waals surface area contributed by atoms with E-state index in [1.165, 1.54) is 6.20 Å². The zero-order chi connectivity index (χ0) is 23.3. The van der Waals surface area contributed by atoms with Crippen molar-refractivity contribution >= 4 is 35.0 Å². The summed E-state index contributed by atoms with van der Waals surface area (Å²) >= 11 is 0. The molecule has 7 N–H and O–H groups in total. The Morgan fingerprint density at radius 2 is 2.00 bits per heavy atom. The summed E-state index contributed by atoms with van der Waals surface area (Å²) in [4.78, 5) is 60.8. The number of anilines is 1. The number of nitrogens with one attached hydrogen (secondary N) is 3. The van der Waals surface area contributed by atoms with Crippen molar-refractivity contribution in [3.8, 4) is 0 Å². The second kappa shape index (κ2) is 9.96. The predicted molar refractivity (Wildman–Crippen MR) is 111 cm³/mol. The summed E-state index contributed by atoms with van der Waals surface area (Å²) in [6, 6.07) is -1.30. The van der Waals surface area contributed by atoms with E-state index >= 15 is 0 Å². The van der Waals surface area contributed by atoms with Crippen LogP contribution in [-0.4, -0.2) is 60.1 Å². The molecular formula is C19H23N7O6. The van der Waals surface area contributed by atoms with Crippen LogP contribution in [0.1, 0.15) is 31.4 Å². The smallest absolute Gasteiger partial charge is 0.326 e. The summed E-state index contributed by atoms with van der Waals surface area (Å²) in [5.74, 6) is -3.39. The largest absolute Gasteiger partial charge is 0.481 e. The van der Waals surface area contributed by atoms with Crippen LogP contribution in [0.2, 0.25) is 0 Å². The molecule has 2 unspecified atom stereocenters. The molecule has 0 radical (unpaired) electrons. The van der Waals surface area contributed by atoms with Crippen LogP contribution in [0.25, 0.3) is 11.2 Å². The van der Waals surface area contributed by atoms with Gasteiger partial charge in [0, 0.05) is 19.0 Å². The highest BCUT2D eigenvalue weighted by Crippen LogP contribution is 2.19. The molecule has 170 valence electrons. The summed E-state index contributed by atoms with van der Waals surface area (Å²) in [6.45, 7) is 0.328. The van der Waals surface area contributed by atoms with Crippen molar-refractivity contribution in [1.82, 2.24) is 30.6 Å². The summed E-state index contributed by atoms with van der Waals surface area (Å²) in [6.07, 6.45) is 5.55. The zero-order valence-electron chi connectivity index (χ0n) is 16.9. The molecule has 2 aromatic heterocycles. The lowest BCUT2D eigenvalue weighted by atomic mass is 9.91. The molecule has 0 aromatic carbocycles. The van der Waals surface area contributed by atoms with Crippen LogP contribution in [0.5, 0.6) is 0 Å². The maximum absolute atomic E-state index is 12.4. The molecule has 1 amide bonds. The molecule has 2 heterocycles. The first-order valence-corrected chi connectivity index (χ1v) is 9.91. The second-order valence-electron chi connectivity index (χ2n) is 7.37. The zero-order valence-corrected chi connectivity index (χ0v) is 16.9. The van der Waals surface area contributed by atoms with E-state index in [9.17, 15) is 24.3 Å². The van der Waals surface area contributed by atoms with Crippen molar-refractivity contribution in [1.29, 1.82) is 0 Å². The number of nitrogens with zero attached hydrogens (tertiary/aromatic N) is 3. The van der Waals surface area contributed by atoms with E-state index < -0.39 is 35.4 Å². The lowest BCUT2D eigenvalue weighted by Crippen LogP contribution is -2.44. The maximum Gasteiger partial charge on any atom is 0.326 e. The van der Waals surface area contributed by atoms with Gasteiger partial charge in [0.15, 0.2) is 11.2 Å². The molecule has 32 heavy (non-hydrogen) atoms. The summed E-state index contributed by atoms with van der Waals surface area (Å²) in [5, 5.41) is 23.5. The SMILES string of the molecule is Nc1nc2ncc(CNC3C=CC(C(=O)N[C@@H](CCC(=O)O)C(=O)O)CC3)nc2c(=O)[nH]1. The molecule has 0 fully saturated rings. The van der Waals surface area contributed by atoms with Gasteiger partial charge in [0.2, 0.25) is 11.9 Å². The first-order valence-electron chi connectivity index (χ1n) is 9.91. The maximum atomic E-state index is 12.4. The Kier molecular flexibility index (Phi) is 7.10. The molecule has 0 saturated heterocycles. The number of nitrogens with two attached hydrogens (primary N) is 1. The number of carbonyl (C=O) groups excluding carboxylic acids is 1. The van der Waals surface area contributed by atoms with Gasteiger partial charge in [-0.15, -0.1) is 0 Å². The van der Waals surface area contributed by atoms with Crippen LogP contribution >= 0.6 is 0 Å². The first-order chi connectivity index (χ1) is 15.2. The minimum absolute atomic E-state index is 0.0369. The van der Waals surface area contributed by atoms with E-state index in [1.807, 2.05) is 6.08 Å². The van der Waals surface area contributed by atoms with Crippen molar-refractivity contribution in [2.75, 3.05) is 5.73 Å². The fourth-order valence-electron chi connectivity index (χ4n) is 3.30.